The zero-order valence-corrected chi connectivity index (χ0v) is 13.3. The molecule has 0 aromatic heterocycles. The van der Waals surface area contributed by atoms with Gasteiger partial charge >= 0.3 is 5.97 Å². The molecule has 2 atom stereocenters. The zero-order chi connectivity index (χ0) is 15.2. The lowest BCUT2D eigenvalue weighted by Crippen LogP contribution is -2.46. The Bertz CT molecular complexity index is 691. The molecule has 1 aromatic carbocycles. The van der Waals surface area contributed by atoms with Gasteiger partial charge in [0.1, 0.15) is 6.04 Å². The number of nitrogens with zero attached hydrogens (tertiary/aromatic N) is 1. The summed E-state index contributed by atoms with van der Waals surface area (Å²) in [6, 6.07) is 3.41. The van der Waals surface area contributed by atoms with Crippen LogP contribution in [0.2, 0.25) is 10.0 Å². The van der Waals surface area contributed by atoms with Crippen molar-refractivity contribution < 1.29 is 17.9 Å². The van der Waals surface area contributed by atoms with E-state index in [2.05, 4.69) is 0 Å². The standard InChI is InChI=1S/C13H13Cl2NO4S/c14-10-2-1-9(7-11(10)15)21(18,19)16-5-3-8-4-6-20-13(17)12(8)16/h1-2,7-8,12H,3-6H2/t8-,12+/m1/s1. The number of ether oxygens (including phenoxy) is 1. The van der Waals surface area contributed by atoms with Gasteiger partial charge in [-0.2, -0.15) is 4.31 Å². The van der Waals surface area contributed by atoms with Crippen molar-refractivity contribution in [1.82, 2.24) is 4.31 Å². The fourth-order valence-electron chi connectivity index (χ4n) is 2.88. The molecule has 0 saturated carbocycles. The molecular weight excluding hydrogens is 337 g/mol. The summed E-state index contributed by atoms with van der Waals surface area (Å²) in [5.74, 6) is -0.434. The Morgan fingerprint density at radius 1 is 1.19 bits per heavy atom. The second kappa shape index (κ2) is 5.43. The maximum absolute atomic E-state index is 12.7. The predicted octanol–water partition coefficient (Wildman–Crippen LogP) is 2.32. The van der Waals surface area contributed by atoms with E-state index >= 15 is 0 Å². The third-order valence-corrected chi connectivity index (χ3v) is 6.57. The van der Waals surface area contributed by atoms with Crippen LogP contribution in [0.3, 0.4) is 0 Å². The van der Waals surface area contributed by atoms with Crippen LogP contribution in [-0.4, -0.2) is 37.9 Å². The lowest BCUT2D eigenvalue weighted by molar-refractivity contribution is -0.153. The van der Waals surface area contributed by atoms with Crippen molar-refractivity contribution in [2.45, 2.75) is 23.8 Å². The zero-order valence-electron chi connectivity index (χ0n) is 11.0. The van der Waals surface area contributed by atoms with Crippen molar-refractivity contribution in [3.8, 4) is 0 Å². The van der Waals surface area contributed by atoms with Gasteiger partial charge in [-0.15, -0.1) is 0 Å². The molecule has 0 amide bonds. The van der Waals surface area contributed by atoms with Crippen molar-refractivity contribution in [1.29, 1.82) is 0 Å². The van der Waals surface area contributed by atoms with E-state index in [9.17, 15) is 13.2 Å². The number of hydrogen-bond donors (Lipinski definition) is 0. The minimum Gasteiger partial charge on any atom is -0.464 e. The molecule has 3 rings (SSSR count). The quantitative estimate of drug-likeness (QED) is 0.768. The van der Waals surface area contributed by atoms with E-state index in [1.54, 1.807) is 0 Å². The number of esters is 1. The molecule has 1 aromatic rings. The normalized spacial score (nSPS) is 26.5. The number of rotatable bonds is 2. The summed E-state index contributed by atoms with van der Waals surface area (Å²) in [5, 5.41) is 0.451. The number of hydrogen-bond acceptors (Lipinski definition) is 4. The van der Waals surface area contributed by atoms with Crippen LogP contribution in [0.5, 0.6) is 0 Å². The van der Waals surface area contributed by atoms with Crippen LogP contribution in [0, 0.1) is 5.92 Å². The summed E-state index contributed by atoms with van der Waals surface area (Å²) in [5.41, 5.74) is 0. The van der Waals surface area contributed by atoms with E-state index < -0.39 is 22.0 Å². The average Bonchev–Trinajstić information content (AvgIpc) is 2.88. The number of benzene rings is 1. The fourth-order valence-corrected chi connectivity index (χ4v) is 4.92. The van der Waals surface area contributed by atoms with Crippen molar-refractivity contribution in [2.24, 2.45) is 5.92 Å². The van der Waals surface area contributed by atoms with Crippen LogP contribution in [-0.2, 0) is 19.6 Å². The van der Waals surface area contributed by atoms with Gasteiger partial charge in [0.05, 0.1) is 21.5 Å². The number of halogens is 2. The van der Waals surface area contributed by atoms with Gasteiger partial charge < -0.3 is 4.74 Å². The van der Waals surface area contributed by atoms with Crippen LogP contribution >= 0.6 is 23.2 Å². The molecule has 2 fully saturated rings. The molecule has 0 N–H and O–H groups in total. The second-order valence-electron chi connectivity index (χ2n) is 5.14. The molecule has 0 spiro atoms. The summed E-state index contributed by atoms with van der Waals surface area (Å²) in [7, 11) is -3.79. The molecule has 2 saturated heterocycles. The Morgan fingerprint density at radius 2 is 1.95 bits per heavy atom. The van der Waals surface area contributed by atoms with Crippen molar-refractivity contribution in [3.63, 3.8) is 0 Å². The first kappa shape index (κ1) is 15.1. The first-order valence-electron chi connectivity index (χ1n) is 6.55. The number of carbonyl (C=O) groups excluding carboxylic acids is 1. The third kappa shape index (κ3) is 2.54. The van der Waals surface area contributed by atoms with Gasteiger partial charge in [-0.05, 0) is 37.0 Å². The Morgan fingerprint density at radius 3 is 2.67 bits per heavy atom. The number of cyclic esters (lactones) is 1. The van der Waals surface area contributed by atoms with Gasteiger partial charge in [0.2, 0.25) is 10.0 Å². The topological polar surface area (TPSA) is 63.7 Å². The van der Waals surface area contributed by atoms with Crippen LogP contribution in [0.4, 0.5) is 0 Å². The lowest BCUT2D eigenvalue weighted by Gasteiger charge is -2.29. The highest BCUT2D eigenvalue weighted by Crippen LogP contribution is 2.36. The Labute approximate surface area is 132 Å². The largest absolute Gasteiger partial charge is 0.464 e. The van der Waals surface area contributed by atoms with E-state index in [1.165, 1.54) is 22.5 Å². The van der Waals surface area contributed by atoms with Gasteiger partial charge in [-0.25, -0.2) is 8.42 Å². The maximum atomic E-state index is 12.7. The molecule has 0 radical (unpaired) electrons. The Balaban J connectivity index is 1.98. The molecule has 0 bridgehead atoms. The number of sulfonamides is 1. The molecule has 0 aliphatic carbocycles. The summed E-state index contributed by atoms with van der Waals surface area (Å²) < 4.78 is 31.7. The minimum atomic E-state index is -3.79. The van der Waals surface area contributed by atoms with Gasteiger partial charge in [0.25, 0.3) is 0 Å². The summed E-state index contributed by atoms with van der Waals surface area (Å²) in [4.78, 5) is 11.9. The highest BCUT2D eigenvalue weighted by Gasteiger charge is 2.48. The van der Waals surface area contributed by atoms with Crippen LogP contribution in [0.25, 0.3) is 0 Å². The third-order valence-electron chi connectivity index (χ3n) is 3.95. The van der Waals surface area contributed by atoms with E-state index in [-0.39, 0.29) is 20.9 Å². The highest BCUT2D eigenvalue weighted by molar-refractivity contribution is 7.89. The van der Waals surface area contributed by atoms with Crippen molar-refractivity contribution >= 4 is 39.2 Å². The molecule has 2 heterocycles. The van der Waals surface area contributed by atoms with Crippen LogP contribution in [0.1, 0.15) is 12.8 Å². The Hall–Kier alpha value is -0.820. The maximum Gasteiger partial charge on any atom is 0.324 e. The molecule has 8 heteroatoms. The monoisotopic (exact) mass is 349 g/mol. The van der Waals surface area contributed by atoms with E-state index in [1.807, 2.05) is 0 Å². The average molecular weight is 350 g/mol. The van der Waals surface area contributed by atoms with Crippen molar-refractivity contribution in [3.05, 3.63) is 28.2 Å². The first-order chi connectivity index (χ1) is 9.91. The summed E-state index contributed by atoms with van der Waals surface area (Å²) in [6.45, 7) is 0.674. The molecule has 0 unspecified atom stereocenters. The van der Waals surface area contributed by atoms with Gasteiger partial charge in [-0.3, -0.25) is 4.79 Å². The second-order valence-corrected chi connectivity index (χ2v) is 7.85. The van der Waals surface area contributed by atoms with E-state index in [0.29, 0.717) is 26.0 Å². The summed E-state index contributed by atoms with van der Waals surface area (Å²) in [6.07, 6.45) is 1.37. The predicted molar refractivity (Wildman–Crippen MR) is 77.8 cm³/mol. The van der Waals surface area contributed by atoms with Gasteiger partial charge in [0.15, 0.2) is 0 Å². The fraction of sp³-hybridized carbons (Fsp3) is 0.462. The smallest absolute Gasteiger partial charge is 0.324 e. The first-order valence-corrected chi connectivity index (χ1v) is 8.74. The van der Waals surface area contributed by atoms with Gasteiger partial charge in [-0.1, -0.05) is 23.2 Å². The molecule has 21 heavy (non-hydrogen) atoms. The number of carbonyl (C=O) groups is 1. The Kier molecular flexibility index (Phi) is 3.90. The molecule has 2 aliphatic rings. The van der Waals surface area contributed by atoms with Gasteiger partial charge in [0, 0.05) is 6.54 Å². The number of fused-ring (bicyclic) bond motifs is 1. The molecule has 2 aliphatic heterocycles. The van der Waals surface area contributed by atoms with Crippen LogP contribution < -0.4 is 0 Å². The molecule has 5 nitrogen and oxygen atoms in total. The molecule has 114 valence electrons. The van der Waals surface area contributed by atoms with E-state index in [4.69, 9.17) is 27.9 Å². The highest BCUT2D eigenvalue weighted by atomic mass is 35.5. The van der Waals surface area contributed by atoms with Crippen molar-refractivity contribution in [2.75, 3.05) is 13.2 Å². The molecular formula is C13H13Cl2NO4S. The minimum absolute atomic E-state index is 0.0313. The SMILES string of the molecule is O=C1OCC[C@H]2CCN(S(=O)(=O)c3ccc(Cl)c(Cl)c3)[C@H]12. The lowest BCUT2D eigenvalue weighted by atomic mass is 9.96. The van der Waals surface area contributed by atoms with Crippen LogP contribution in [0.15, 0.2) is 23.1 Å². The van der Waals surface area contributed by atoms with E-state index in [0.717, 1.165) is 0 Å². The summed E-state index contributed by atoms with van der Waals surface area (Å²) >= 11 is 11.7.